The standard InChI is InChI=1S/C28H19NO/c29-19-14-12-18(13-15-19)20-16-17-23(22-7-2-1-6-21(20)22)25-9-5-10-26-24-8-3-4-11-27(24)30-28(25)26/h1-17H,29H2. The van der Waals surface area contributed by atoms with Gasteiger partial charge in [-0.25, -0.2) is 0 Å². The fourth-order valence-corrected chi connectivity index (χ4v) is 4.41. The van der Waals surface area contributed by atoms with Crippen molar-refractivity contribution in [3.63, 3.8) is 0 Å². The highest BCUT2D eigenvalue weighted by atomic mass is 16.3. The van der Waals surface area contributed by atoms with E-state index in [0.717, 1.165) is 38.8 Å². The lowest BCUT2D eigenvalue weighted by atomic mass is 9.91. The third-order valence-electron chi connectivity index (χ3n) is 5.84. The summed E-state index contributed by atoms with van der Waals surface area (Å²) < 4.78 is 6.30. The van der Waals surface area contributed by atoms with Crippen LogP contribution in [0.3, 0.4) is 0 Å². The van der Waals surface area contributed by atoms with Gasteiger partial charge in [-0.05, 0) is 45.7 Å². The summed E-state index contributed by atoms with van der Waals surface area (Å²) in [6.07, 6.45) is 0. The van der Waals surface area contributed by atoms with E-state index in [0.29, 0.717) is 0 Å². The van der Waals surface area contributed by atoms with E-state index in [-0.39, 0.29) is 0 Å². The summed E-state index contributed by atoms with van der Waals surface area (Å²) in [6.45, 7) is 0. The summed E-state index contributed by atoms with van der Waals surface area (Å²) in [4.78, 5) is 0. The van der Waals surface area contributed by atoms with Gasteiger partial charge in [-0.1, -0.05) is 84.9 Å². The van der Waals surface area contributed by atoms with Crippen LogP contribution in [-0.2, 0) is 0 Å². The molecule has 0 fully saturated rings. The van der Waals surface area contributed by atoms with E-state index >= 15 is 0 Å². The molecule has 0 atom stereocenters. The molecule has 0 unspecified atom stereocenters. The molecule has 0 aliphatic heterocycles. The number of furan rings is 1. The van der Waals surface area contributed by atoms with Gasteiger partial charge < -0.3 is 10.2 Å². The second kappa shape index (κ2) is 6.50. The van der Waals surface area contributed by atoms with Crippen LogP contribution in [0.15, 0.2) is 108 Å². The highest BCUT2D eigenvalue weighted by Crippen LogP contribution is 2.40. The second-order valence-electron chi connectivity index (χ2n) is 7.61. The normalized spacial score (nSPS) is 11.5. The van der Waals surface area contributed by atoms with Gasteiger partial charge in [0, 0.05) is 22.0 Å². The zero-order valence-corrected chi connectivity index (χ0v) is 16.3. The van der Waals surface area contributed by atoms with Crippen LogP contribution in [0.4, 0.5) is 5.69 Å². The van der Waals surface area contributed by atoms with Crippen molar-refractivity contribution in [3.8, 4) is 22.3 Å². The van der Waals surface area contributed by atoms with Crippen LogP contribution in [0.2, 0.25) is 0 Å². The number of anilines is 1. The minimum absolute atomic E-state index is 0.774. The van der Waals surface area contributed by atoms with Gasteiger partial charge in [0.1, 0.15) is 11.2 Å². The largest absolute Gasteiger partial charge is 0.455 e. The van der Waals surface area contributed by atoms with Crippen molar-refractivity contribution in [2.75, 3.05) is 5.73 Å². The third kappa shape index (κ3) is 2.51. The molecule has 0 bridgehead atoms. The Balaban J connectivity index is 1.65. The minimum Gasteiger partial charge on any atom is -0.455 e. The minimum atomic E-state index is 0.774. The first-order chi connectivity index (χ1) is 14.8. The molecule has 0 amide bonds. The topological polar surface area (TPSA) is 39.2 Å². The first kappa shape index (κ1) is 16.9. The van der Waals surface area contributed by atoms with Crippen molar-refractivity contribution in [2.45, 2.75) is 0 Å². The van der Waals surface area contributed by atoms with Gasteiger partial charge in [-0.3, -0.25) is 0 Å². The maximum Gasteiger partial charge on any atom is 0.143 e. The lowest BCUT2D eigenvalue weighted by Gasteiger charge is -2.12. The molecule has 2 heteroatoms. The van der Waals surface area contributed by atoms with Gasteiger partial charge in [0.2, 0.25) is 0 Å². The first-order valence-corrected chi connectivity index (χ1v) is 10.1. The van der Waals surface area contributed by atoms with Crippen molar-refractivity contribution in [2.24, 2.45) is 0 Å². The summed E-state index contributed by atoms with van der Waals surface area (Å²) in [5.41, 5.74) is 13.2. The zero-order chi connectivity index (χ0) is 20.1. The Hall–Kier alpha value is -4.04. The molecule has 6 rings (SSSR count). The van der Waals surface area contributed by atoms with Crippen molar-refractivity contribution < 1.29 is 4.42 Å². The molecule has 2 nitrogen and oxygen atoms in total. The van der Waals surface area contributed by atoms with Gasteiger partial charge in [-0.2, -0.15) is 0 Å². The number of hydrogen-bond donors (Lipinski definition) is 1. The summed E-state index contributed by atoms with van der Waals surface area (Å²) in [6, 6.07) is 35.6. The average molecular weight is 385 g/mol. The fraction of sp³-hybridized carbons (Fsp3) is 0. The Labute approximate surface area is 174 Å². The van der Waals surface area contributed by atoms with Crippen LogP contribution in [0, 0.1) is 0 Å². The molecule has 0 aliphatic rings. The number of para-hydroxylation sites is 2. The highest BCUT2D eigenvalue weighted by Gasteiger charge is 2.15. The third-order valence-corrected chi connectivity index (χ3v) is 5.84. The number of hydrogen-bond acceptors (Lipinski definition) is 2. The predicted molar refractivity (Wildman–Crippen MR) is 127 cm³/mol. The number of fused-ring (bicyclic) bond motifs is 4. The molecule has 0 spiro atoms. The van der Waals surface area contributed by atoms with E-state index in [9.17, 15) is 0 Å². The van der Waals surface area contributed by atoms with Gasteiger partial charge in [0.25, 0.3) is 0 Å². The zero-order valence-electron chi connectivity index (χ0n) is 16.3. The van der Waals surface area contributed by atoms with Crippen molar-refractivity contribution in [3.05, 3.63) is 103 Å². The Morgan fingerprint density at radius 1 is 0.467 bits per heavy atom. The van der Waals surface area contributed by atoms with Crippen LogP contribution in [0.5, 0.6) is 0 Å². The molecule has 0 saturated heterocycles. The van der Waals surface area contributed by atoms with Gasteiger partial charge in [-0.15, -0.1) is 0 Å². The first-order valence-electron chi connectivity index (χ1n) is 10.1. The lowest BCUT2D eigenvalue weighted by Crippen LogP contribution is -1.88. The van der Waals surface area contributed by atoms with Crippen molar-refractivity contribution >= 4 is 38.4 Å². The molecule has 30 heavy (non-hydrogen) atoms. The van der Waals surface area contributed by atoms with Crippen molar-refractivity contribution in [1.82, 2.24) is 0 Å². The SMILES string of the molecule is Nc1ccc(-c2ccc(-c3cccc4c3oc3ccccc34)c3ccccc23)cc1. The van der Waals surface area contributed by atoms with E-state index < -0.39 is 0 Å². The molecule has 2 N–H and O–H groups in total. The maximum absolute atomic E-state index is 6.30. The Bertz CT molecular complexity index is 1540. The fourth-order valence-electron chi connectivity index (χ4n) is 4.41. The van der Waals surface area contributed by atoms with Gasteiger partial charge in [0.15, 0.2) is 0 Å². The molecule has 6 aromatic rings. The van der Waals surface area contributed by atoms with E-state index in [1.165, 1.54) is 21.9 Å². The van der Waals surface area contributed by atoms with E-state index in [2.05, 4.69) is 78.9 Å². The van der Waals surface area contributed by atoms with Gasteiger partial charge in [0.05, 0.1) is 0 Å². The lowest BCUT2D eigenvalue weighted by molar-refractivity contribution is 0.670. The van der Waals surface area contributed by atoms with E-state index in [1.54, 1.807) is 0 Å². The van der Waals surface area contributed by atoms with Crippen molar-refractivity contribution in [1.29, 1.82) is 0 Å². The molecule has 1 aromatic heterocycles. The molecule has 142 valence electrons. The summed E-state index contributed by atoms with van der Waals surface area (Å²) in [5, 5.41) is 4.72. The van der Waals surface area contributed by atoms with Crippen LogP contribution in [0.1, 0.15) is 0 Å². The average Bonchev–Trinajstić information content (AvgIpc) is 3.18. The Morgan fingerprint density at radius 3 is 1.90 bits per heavy atom. The summed E-state index contributed by atoms with van der Waals surface area (Å²) >= 11 is 0. The summed E-state index contributed by atoms with van der Waals surface area (Å²) in [5.74, 6) is 0. The predicted octanol–water partition coefficient (Wildman–Crippen LogP) is 7.66. The van der Waals surface area contributed by atoms with Gasteiger partial charge >= 0.3 is 0 Å². The molecular weight excluding hydrogens is 366 g/mol. The summed E-state index contributed by atoms with van der Waals surface area (Å²) in [7, 11) is 0. The molecular formula is C28H19NO. The monoisotopic (exact) mass is 385 g/mol. The number of nitrogens with two attached hydrogens (primary N) is 1. The van der Waals surface area contributed by atoms with E-state index in [4.69, 9.17) is 10.2 Å². The molecule has 1 heterocycles. The van der Waals surface area contributed by atoms with E-state index in [1.807, 2.05) is 24.3 Å². The maximum atomic E-state index is 6.30. The number of nitrogen functional groups attached to an aromatic ring is 1. The molecule has 0 aliphatic carbocycles. The van der Waals surface area contributed by atoms with Crippen LogP contribution < -0.4 is 5.73 Å². The molecule has 0 saturated carbocycles. The second-order valence-corrected chi connectivity index (χ2v) is 7.61. The number of benzene rings is 5. The number of rotatable bonds is 2. The molecule has 5 aromatic carbocycles. The van der Waals surface area contributed by atoms with Crippen LogP contribution >= 0.6 is 0 Å². The Kier molecular flexibility index (Phi) is 3.65. The smallest absolute Gasteiger partial charge is 0.143 e. The highest BCUT2D eigenvalue weighted by molar-refractivity contribution is 6.13. The quantitative estimate of drug-likeness (QED) is 0.311. The van der Waals surface area contributed by atoms with Crippen LogP contribution in [-0.4, -0.2) is 0 Å². The molecule has 0 radical (unpaired) electrons. The Morgan fingerprint density at radius 2 is 1.10 bits per heavy atom. The van der Waals surface area contributed by atoms with Crippen LogP contribution in [0.25, 0.3) is 55.0 Å².